The van der Waals surface area contributed by atoms with Crippen LogP contribution >= 0.6 is 11.3 Å². The number of fused-ring (bicyclic) bond motifs is 1. The van der Waals surface area contributed by atoms with E-state index < -0.39 is 23.6 Å². The van der Waals surface area contributed by atoms with E-state index in [4.69, 9.17) is 0 Å². The van der Waals surface area contributed by atoms with Crippen molar-refractivity contribution in [1.82, 2.24) is 20.5 Å². The van der Waals surface area contributed by atoms with Gasteiger partial charge in [0.1, 0.15) is 11.8 Å². The lowest BCUT2D eigenvalue weighted by Gasteiger charge is -2.47. The third-order valence-electron chi connectivity index (χ3n) is 9.26. The van der Waals surface area contributed by atoms with E-state index in [9.17, 15) is 19.5 Å². The Hall–Kier alpha value is -2.82. The van der Waals surface area contributed by atoms with E-state index in [-0.39, 0.29) is 42.1 Å². The Morgan fingerprint density at radius 2 is 1.76 bits per heavy atom. The van der Waals surface area contributed by atoms with Crippen molar-refractivity contribution in [2.24, 2.45) is 17.3 Å². The van der Waals surface area contributed by atoms with Gasteiger partial charge in [0.25, 0.3) is 0 Å². The van der Waals surface area contributed by atoms with Crippen LogP contribution in [0, 0.1) is 17.3 Å². The van der Waals surface area contributed by atoms with Gasteiger partial charge in [0.2, 0.25) is 11.8 Å². The highest BCUT2D eigenvalue weighted by molar-refractivity contribution is 7.13. The Labute approximate surface area is 273 Å². The quantitative estimate of drug-likeness (QED) is 0.248. The van der Waals surface area contributed by atoms with Crippen LogP contribution in [0.3, 0.4) is 0 Å². The highest BCUT2D eigenvalue weighted by atomic mass is 32.1. The number of piperidine rings is 1. The summed E-state index contributed by atoms with van der Waals surface area (Å²) in [6.45, 7) is 12.3. The fourth-order valence-corrected chi connectivity index (χ4v) is 7.75. The average molecular weight is 640 g/mol. The molecule has 248 valence electrons. The average Bonchev–Trinajstić information content (AvgIpc) is 3.47. The first kappa shape index (κ1) is 35.0. The smallest absolute Gasteiger partial charge is 0.243 e. The van der Waals surface area contributed by atoms with Crippen molar-refractivity contribution in [2.45, 2.75) is 116 Å². The fourth-order valence-electron chi connectivity index (χ4n) is 7.19. The molecular formula is C35H53N5O4S. The summed E-state index contributed by atoms with van der Waals surface area (Å²) in [5.41, 5.74) is -0.0916. The number of amides is 2. The van der Waals surface area contributed by atoms with Crippen LogP contribution in [0.2, 0.25) is 0 Å². The Bertz CT molecular complexity index is 1260. The van der Waals surface area contributed by atoms with Crippen molar-refractivity contribution in [3.63, 3.8) is 0 Å². The third-order valence-corrected chi connectivity index (χ3v) is 9.97. The van der Waals surface area contributed by atoms with Crippen LogP contribution in [0.1, 0.15) is 85.6 Å². The molecule has 2 heterocycles. The van der Waals surface area contributed by atoms with E-state index in [2.05, 4.69) is 25.8 Å². The first-order chi connectivity index (χ1) is 21.2. The molecule has 1 aromatic heterocycles. The Balaban J connectivity index is 1.59. The summed E-state index contributed by atoms with van der Waals surface area (Å²) in [6.07, 6.45) is 6.85. The molecule has 9 nitrogen and oxygen atoms in total. The van der Waals surface area contributed by atoms with E-state index in [1.165, 1.54) is 31.1 Å². The Morgan fingerprint density at radius 1 is 1.07 bits per heavy atom. The van der Waals surface area contributed by atoms with Crippen molar-refractivity contribution >= 4 is 34.1 Å². The van der Waals surface area contributed by atoms with Gasteiger partial charge in [-0.05, 0) is 64.4 Å². The van der Waals surface area contributed by atoms with Gasteiger partial charge in [0.15, 0.2) is 5.13 Å². The van der Waals surface area contributed by atoms with Crippen molar-refractivity contribution < 1.29 is 19.5 Å². The number of carbonyl (C=O) groups is 3. The minimum atomic E-state index is -0.935. The summed E-state index contributed by atoms with van der Waals surface area (Å²) >= 11 is 1.39. The van der Waals surface area contributed by atoms with Crippen LogP contribution in [0.25, 0.3) is 0 Å². The number of aliphatic hydroxyl groups is 1. The molecule has 1 aliphatic heterocycles. The summed E-state index contributed by atoms with van der Waals surface area (Å²) < 4.78 is 0. The van der Waals surface area contributed by atoms with Crippen molar-refractivity contribution in [3.05, 3.63) is 47.5 Å². The van der Waals surface area contributed by atoms with E-state index in [0.717, 1.165) is 31.4 Å². The molecule has 2 aliphatic rings. The highest BCUT2D eigenvalue weighted by Gasteiger charge is 2.43. The van der Waals surface area contributed by atoms with Gasteiger partial charge in [-0.3, -0.25) is 14.5 Å². The van der Waals surface area contributed by atoms with Crippen LogP contribution in [-0.4, -0.2) is 75.4 Å². The van der Waals surface area contributed by atoms with Gasteiger partial charge < -0.3 is 25.9 Å². The molecule has 1 saturated carbocycles. The number of benzene rings is 1. The molecule has 2 aromatic rings. The molecule has 6 atom stereocenters. The second-order valence-electron chi connectivity index (χ2n) is 14.9. The molecule has 0 bridgehead atoms. The number of aliphatic hydroxyl groups excluding tert-OH is 1. The number of carbonyl (C=O) groups excluding carboxylic acids is 3. The standard InChI is InChI=1S/C35H53N5O4S/c1-23(41)20-35(5,6)30(38-33-36-16-17-45-33)32(44)37-27(18-24-12-8-7-9-13-24)29(42)22-40-21-26-15-11-10-14-25(26)19-28(40)31(43)39-34(2,3)4/h7-9,12-13,16-17,25-30,42H,10-11,14-15,18-22H2,1-6H3,(H,36,38)(H,37,44)(H,39,43)/t25-,26?,27?,28-,29+,30+/m0/s1. The lowest BCUT2D eigenvalue weighted by atomic mass is 9.72. The van der Waals surface area contributed by atoms with Gasteiger partial charge in [0.05, 0.1) is 18.2 Å². The molecule has 0 radical (unpaired) electrons. The number of rotatable bonds is 13. The predicted octanol–water partition coefficient (Wildman–Crippen LogP) is 4.81. The molecule has 45 heavy (non-hydrogen) atoms. The largest absolute Gasteiger partial charge is 0.390 e. The number of nitrogens with one attached hydrogen (secondary N) is 3. The molecule has 2 unspecified atom stereocenters. The van der Waals surface area contributed by atoms with Gasteiger partial charge >= 0.3 is 0 Å². The van der Waals surface area contributed by atoms with Gasteiger partial charge in [-0.15, -0.1) is 11.3 Å². The number of Topliss-reactive ketones (excluding diaryl/α,β-unsaturated/α-hetero) is 1. The van der Waals surface area contributed by atoms with E-state index in [0.29, 0.717) is 23.4 Å². The zero-order valence-corrected chi connectivity index (χ0v) is 28.7. The SMILES string of the molecule is CC(=O)CC(C)(C)[C@H](Nc1nccs1)C(=O)NC(Cc1ccccc1)[C@H](O)CN1CC2CCCC[C@H]2C[C@H]1C(=O)NC(C)(C)C. The summed E-state index contributed by atoms with van der Waals surface area (Å²) in [5, 5.41) is 24.0. The minimum Gasteiger partial charge on any atom is -0.390 e. The maximum Gasteiger partial charge on any atom is 0.243 e. The van der Waals surface area contributed by atoms with E-state index in [1.54, 1.807) is 6.20 Å². The summed E-state index contributed by atoms with van der Waals surface area (Å²) in [4.78, 5) is 46.4. The normalized spacial score (nSPS) is 22.9. The maximum atomic E-state index is 14.1. The van der Waals surface area contributed by atoms with Crippen molar-refractivity contribution in [1.29, 1.82) is 0 Å². The van der Waals surface area contributed by atoms with Crippen LogP contribution in [0.4, 0.5) is 5.13 Å². The zero-order chi connectivity index (χ0) is 32.8. The second kappa shape index (κ2) is 15.2. The van der Waals surface area contributed by atoms with Crippen molar-refractivity contribution in [3.8, 4) is 0 Å². The first-order valence-corrected chi connectivity index (χ1v) is 17.3. The topological polar surface area (TPSA) is 124 Å². The number of ketones is 1. The zero-order valence-electron chi connectivity index (χ0n) is 27.8. The number of thiazole rings is 1. The maximum absolute atomic E-state index is 14.1. The Morgan fingerprint density at radius 3 is 2.38 bits per heavy atom. The molecular weight excluding hydrogens is 586 g/mol. The monoisotopic (exact) mass is 639 g/mol. The molecule has 4 N–H and O–H groups in total. The van der Waals surface area contributed by atoms with Crippen LogP contribution in [0.5, 0.6) is 0 Å². The number of aromatic nitrogens is 1. The van der Waals surface area contributed by atoms with Gasteiger partial charge in [-0.25, -0.2) is 4.98 Å². The molecule has 2 amide bonds. The third kappa shape index (κ3) is 10.1. The van der Waals surface area contributed by atoms with Crippen LogP contribution < -0.4 is 16.0 Å². The van der Waals surface area contributed by atoms with Crippen LogP contribution in [-0.2, 0) is 20.8 Å². The van der Waals surface area contributed by atoms with Crippen molar-refractivity contribution in [2.75, 3.05) is 18.4 Å². The number of likely N-dealkylation sites (tertiary alicyclic amines) is 1. The lowest BCUT2D eigenvalue weighted by molar-refractivity contribution is -0.133. The molecule has 1 aromatic carbocycles. The van der Waals surface area contributed by atoms with Gasteiger partial charge in [-0.1, -0.05) is 63.4 Å². The summed E-state index contributed by atoms with van der Waals surface area (Å²) in [6, 6.07) is 8.10. The molecule has 2 fully saturated rings. The van der Waals surface area contributed by atoms with Gasteiger partial charge in [-0.2, -0.15) is 0 Å². The van der Waals surface area contributed by atoms with E-state index in [1.807, 2.05) is 70.3 Å². The predicted molar refractivity (Wildman–Crippen MR) is 180 cm³/mol. The molecule has 0 spiro atoms. The number of β-amino-alcohol motifs (C(OH)–C–C–N with tert-alkyl or cyclic N) is 1. The minimum absolute atomic E-state index is 0.000984. The molecule has 10 heteroatoms. The Kier molecular flexibility index (Phi) is 11.8. The number of anilines is 1. The summed E-state index contributed by atoms with van der Waals surface area (Å²) in [5.74, 6) is 0.714. The first-order valence-electron chi connectivity index (χ1n) is 16.5. The highest BCUT2D eigenvalue weighted by Crippen LogP contribution is 2.39. The lowest BCUT2D eigenvalue weighted by Crippen LogP contribution is -2.61. The fraction of sp³-hybridized carbons (Fsp3) is 0.657. The van der Waals surface area contributed by atoms with Gasteiger partial charge in [0, 0.05) is 42.0 Å². The number of hydrogen-bond acceptors (Lipinski definition) is 8. The molecule has 1 saturated heterocycles. The number of nitrogens with zero attached hydrogens (tertiary/aromatic N) is 2. The number of hydrogen-bond donors (Lipinski definition) is 4. The summed E-state index contributed by atoms with van der Waals surface area (Å²) in [7, 11) is 0. The van der Waals surface area contributed by atoms with E-state index >= 15 is 0 Å². The van der Waals surface area contributed by atoms with Crippen LogP contribution in [0.15, 0.2) is 41.9 Å². The molecule has 4 rings (SSSR count). The molecule has 1 aliphatic carbocycles. The second-order valence-corrected chi connectivity index (χ2v) is 15.8.